The third kappa shape index (κ3) is 5.36. The molecule has 0 aliphatic carbocycles. The van der Waals surface area contributed by atoms with E-state index in [-0.39, 0.29) is 12.6 Å². The molecule has 0 radical (unpaired) electrons. The quantitative estimate of drug-likeness (QED) is 0.592. The second-order valence-corrected chi connectivity index (χ2v) is 5.30. The van der Waals surface area contributed by atoms with Gasteiger partial charge in [0.15, 0.2) is 12.6 Å². The molecule has 2 atom stereocenters. The zero-order chi connectivity index (χ0) is 11.8. The third-order valence-electron chi connectivity index (χ3n) is 3.70. The van der Waals surface area contributed by atoms with Crippen molar-refractivity contribution < 1.29 is 14.5 Å². The summed E-state index contributed by atoms with van der Waals surface area (Å²) in [6.45, 7) is 0. The first-order valence-corrected chi connectivity index (χ1v) is 7.43. The molecule has 2 aliphatic rings. The molecule has 0 saturated carbocycles. The van der Waals surface area contributed by atoms with Crippen LogP contribution in [0.25, 0.3) is 0 Å². The SMILES string of the molecule is C1CCCCCC[C@H]2OO[C@H](CCCCC1)O2. The Balaban J connectivity index is 1.68. The predicted molar refractivity (Wildman–Crippen MR) is 66.2 cm³/mol. The monoisotopic (exact) mass is 242 g/mol. The Morgan fingerprint density at radius 3 is 1.24 bits per heavy atom. The van der Waals surface area contributed by atoms with Crippen molar-refractivity contribution in [3.63, 3.8) is 0 Å². The van der Waals surface area contributed by atoms with Crippen LogP contribution in [0.5, 0.6) is 0 Å². The van der Waals surface area contributed by atoms with Gasteiger partial charge in [-0.25, -0.2) is 9.78 Å². The molecule has 100 valence electrons. The minimum Gasteiger partial charge on any atom is -0.318 e. The molecule has 0 amide bonds. The normalized spacial score (nSPS) is 33.9. The minimum atomic E-state index is -0.106. The van der Waals surface area contributed by atoms with Crippen LogP contribution in [0.3, 0.4) is 0 Å². The van der Waals surface area contributed by atoms with Crippen molar-refractivity contribution >= 4 is 0 Å². The molecule has 2 aliphatic heterocycles. The van der Waals surface area contributed by atoms with Crippen LogP contribution in [0.2, 0.25) is 0 Å². The van der Waals surface area contributed by atoms with Crippen molar-refractivity contribution in [3.8, 4) is 0 Å². The van der Waals surface area contributed by atoms with Crippen LogP contribution in [0.15, 0.2) is 0 Å². The van der Waals surface area contributed by atoms with Gasteiger partial charge < -0.3 is 4.74 Å². The van der Waals surface area contributed by atoms with E-state index < -0.39 is 0 Å². The molecule has 2 bridgehead atoms. The second kappa shape index (κ2) is 8.06. The van der Waals surface area contributed by atoms with E-state index in [4.69, 9.17) is 14.5 Å². The van der Waals surface area contributed by atoms with Gasteiger partial charge in [0.1, 0.15) is 0 Å². The molecule has 0 aromatic rings. The van der Waals surface area contributed by atoms with Crippen LogP contribution in [-0.2, 0) is 14.5 Å². The second-order valence-electron chi connectivity index (χ2n) is 5.30. The van der Waals surface area contributed by atoms with Gasteiger partial charge in [0.05, 0.1) is 0 Å². The maximum absolute atomic E-state index is 5.69. The standard InChI is InChI=1S/C14H26O3/c1-2-4-6-8-10-12-14-15-13(16-17-14)11-9-7-5-3-1/h13-14H,1-12H2/t13-,14-/m1/s1. The molecule has 0 aromatic heterocycles. The van der Waals surface area contributed by atoms with Crippen LogP contribution < -0.4 is 0 Å². The first-order valence-electron chi connectivity index (χ1n) is 7.43. The molecule has 3 nitrogen and oxygen atoms in total. The largest absolute Gasteiger partial charge is 0.318 e. The van der Waals surface area contributed by atoms with Crippen molar-refractivity contribution in [2.24, 2.45) is 0 Å². The maximum atomic E-state index is 5.69. The molecule has 3 heteroatoms. The highest BCUT2D eigenvalue weighted by Gasteiger charge is 2.26. The molecule has 0 spiro atoms. The summed E-state index contributed by atoms with van der Waals surface area (Å²) in [4.78, 5) is 10.4. The summed E-state index contributed by atoms with van der Waals surface area (Å²) in [7, 11) is 0. The Morgan fingerprint density at radius 1 is 0.471 bits per heavy atom. The Labute approximate surface area is 105 Å². The van der Waals surface area contributed by atoms with Gasteiger partial charge in [-0.3, -0.25) is 0 Å². The maximum Gasteiger partial charge on any atom is 0.194 e. The Morgan fingerprint density at radius 2 is 0.824 bits per heavy atom. The molecule has 0 unspecified atom stereocenters. The third-order valence-corrected chi connectivity index (χ3v) is 3.70. The fourth-order valence-electron chi connectivity index (χ4n) is 2.61. The summed E-state index contributed by atoms with van der Waals surface area (Å²) in [6, 6.07) is 0. The summed E-state index contributed by atoms with van der Waals surface area (Å²) >= 11 is 0. The van der Waals surface area contributed by atoms with Gasteiger partial charge in [-0.05, 0) is 12.8 Å². The van der Waals surface area contributed by atoms with E-state index in [0.29, 0.717) is 0 Å². The molecule has 2 heterocycles. The summed E-state index contributed by atoms with van der Waals surface area (Å²) in [5.74, 6) is 0. The van der Waals surface area contributed by atoms with Gasteiger partial charge in [0, 0.05) is 12.8 Å². The van der Waals surface area contributed by atoms with Crippen LogP contribution >= 0.6 is 0 Å². The summed E-state index contributed by atoms with van der Waals surface area (Å²) < 4.78 is 5.69. The molecule has 2 saturated heterocycles. The molecular weight excluding hydrogens is 216 g/mol. The van der Waals surface area contributed by atoms with Crippen molar-refractivity contribution in [1.82, 2.24) is 0 Å². The lowest BCUT2D eigenvalue weighted by Gasteiger charge is -2.07. The van der Waals surface area contributed by atoms with Gasteiger partial charge in [-0.15, -0.1) is 0 Å². The Bertz CT molecular complexity index is 176. The average molecular weight is 242 g/mol. The fourth-order valence-corrected chi connectivity index (χ4v) is 2.61. The van der Waals surface area contributed by atoms with E-state index >= 15 is 0 Å². The lowest BCUT2D eigenvalue weighted by Crippen LogP contribution is -2.11. The van der Waals surface area contributed by atoms with Gasteiger partial charge in [-0.1, -0.05) is 51.4 Å². The number of fused-ring (bicyclic) bond motifs is 2. The first-order chi connectivity index (χ1) is 8.45. The van der Waals surface area contributed by atoms with Crippen LogP contribution in [-0.4, -0.2) is 12.6 Å². The molecule has 0 aromatic carbocycles. The van der Waals surface area contributed by atoms with E-state index in [1.807, 2.05) is 0 Å². The average Bonchev–Trinajstić information content (AvgIpc) is 2.77. The van der Waals surface area contributed by atoms with Gasteiger partial charge in [0.25, 0.3) is 0 Å². The van der Waals surface area contributed by atoms with E-state index in [1.165, 1.54) is 64.2 Å². The minimum absolute atomic E-state index is 0.106. The zero-order valence-electron chi connectivity index (χ0n) is 10.9. The molecule has 17 heavy (non-hydrogen) atoms. The van der Waals surface area contributed by atoms with Crippen molar-refractivity contribution in [2.75, 3.05) is 0 Å². The summed E-state index contributed by atoms with van der Waals surface area (Å²) in [6.07, 6.45) is 15.1. The van der Waals surface area contributed by atoms with E-state index in [1.54, 1.807) is 0 Å². The van der Waals surface area contributed by atoms with Crippen molar-refractivity contribution in [3.05, 3.63) is 0 Å². The topological polar surface area (TPSA) is 27.7 Å². The highest BCUT2D eigenvalue weighted by molar-refractivity contribution is 4.56. The van der Waals surface area contributed by atoms with Gasteiger partial charge in [0.2, 0.25) is 0 Å². The van der Waals surface area contributed by atoms with Crippen molar-refractivity contribution in [1.29, 1.82) is 0 Å². The van der Waals surface area contributed by atoms with Crippen LogP contribution in [0, 0.1) is 0 Å². The van der Waals surface area contributed by atoms with Crippen LogP contribution in [0.1, 0.15) is 77.0 Å². The lowest BCUT2D eigenvalue weighted by atomic mass is 10.1. The zero-order valence-corrected chi connectivity index (χ0v) is 10.9. The molecular formula is C14H26O3. The van der Waals surface area contributed by atoms with E-state index in [9.17, 15) is 0 Å². The van der Waals surface area contributed by atoms with Gasteiger partial charge >= 0.3 is 0 Å². The number of hydrogen-bond acceptors (Lipinski definition) is 3. The number of rotatable bonds is 0. The van der Waals surface area contributed by atoms with E-state index in [2.05, 4.69) is 0 Å². The summed E-state index contributed by atoms with van der Waals surface area (Å²) in [5, 5.41) is 0. The Kier molecular flexibility index (Phi) is 6.32. The molecule has 0 N–H and O–H groups in total. The highest BCUT2D eigenvalue weighted by atomic mass is 17.3. The Hall–Kier alpha value is -0.120. The molecule has 2 rings (SSSR count). The van der Waals surface area contributed by atoms with Gasteiger partial charge in [-0.2, -0.15) is 0 Å². The first kappa shape index (κ1) is 13.3. The van der Waals surface area contributed by atoms with Crippen LogP contribution in [0.4, 0.5) is 0 Å². The van der Waals surface area contributed by atoms with Crippen molar-refractivity contribution in [2.45, 2.75) is 89.6 Å². The highest BCUT2D eigenvalue weighted by Crippen LogP contribution is 2.23. The number of hydrogen-bond donors (Lipinski definition) is 0. The lowest BCUT2D eigenvalue weighted by molar-refractivity contribution is -0.298. The predicted octanol–water partition coefficient (Wildman–Crippen LogP) is 4.31. The smallest absolute Gasteiger partial charge is 0.194 e. The summed E-state index contributed by atoms with van der Waals surface area (Å²) in [5.41, 5.74) is 0. The number of ether oxygens (including phenoxy) is 1. The molecule has 2 fully saturated rings. The van der Waals surface area contributed by atoms with E-state index in [0.717, 1.165) is 12.8 Å². The fraction of sp³-hybridized carbons (Fsp3) is 1.00.